The minimum absolute atomic E-state index is 0.349. The van der Waals surface area contributed by atoms with Crippen molar-refractivity contribution in [3.8, 4) is 0 Å². The van der Waals surface area contributed by atoms with Crippen LogP contribution in [0, 0.1) is 10.8 Å². The Labute approximate surface area is 96.2 Å². The lowest BCUT2D eigenvalue weighted by molar-refractivity contribution is 0.180. The van der Waals surface area contributed by atoms with E-state index in [1.54, 1.807) is 0 Å². The summed E-state index contributed by atoms with van der Waals surface area (Å²) in [5.74, 6) is 0. The Kier molecular flexibility index (Phi) is 5.82. The molecule has 92 valence electrons. The van der Waals surface area contributed by atoms with Crippen molar-refractivity contribution in [2.45, 2.75) is 47.5 Å². The van der Waals surface area contributed by atoms with Crippen LogP contribution in [0.3, 0.4) is 0 Å². The van der Waals surface area contributed by atoms with Crippen molar-refractivity contribution in [3.05, 3.63) is 0 Å². The molecule has 2 heteroatoms. The van der Waals surface area contributed by atoms with Gasteiger partial charge in [0.05, 0.1) is 0 Å². The zero-order chi connectivity index (χ0) is 12.1. The van der Waals surface area contributed by atoms with Gasteiger partial charge in [0.2, 0.25) is 0 Å². The summed E-state index contributed by atoms with van der Waals surface area (Å²) in [5.41, 5.74) is 6.40. The predicted octanol–water partition coefficient (Wildman–Crippen LogP) is 2.73. The molecule has 2 N–H and O–H groups in total. The molecule has 0 aromatic carbocycles. The summed E-state index contributed by atoms with van der Waals surface area (Å²) >= 11 is 0. The molecule has 0 rings (SSSR count). The van der Waals surface area contributed by atoms with Crippen LogP contribution in [0.15, 0.2) is 0 Å². The lowest BCUT2D eigenvalue weighted by Crippen LogP contribution is -2.34. The molecule has 0 heterocycles. The van der Waals surface area contributed by atoms with Crippen LogP contribution in [0.2, 0.25) is 0 Å². The third-order valence-electron chi connectivity index (χ3n) is 2.76. The van der Waals surface area contributed by atoms with E-state index in [0.717, 1.165) is 19.5 Å². The Morgan fingerprint density at radius 2 is 1.53 bits per heavy atom. The maximum absolute atomic E-state index is 5.62. The summed E-state index contributed by atoms with van der Waals surface area (Å²) in [6.45, 7) is 14.6. The topological polar surface area (TPSA) is 29.3 Å². The second kappa shape index (κ2) is 5.86. The van der Waals surface area contributed by atoms with Crippen LogP contribution in [0.25, 0.3) is 0 Å². The molecule has 0 radical (unpaired) electrons. The fourth-order valence-corrected chi connectivity index (χ4v) is 1.81. The van der Waals surface area contributed by atoms with E-state index in [-0.39, 0.29) is 0 Å². The van der Waals surface area contributed by atoms with E-state index in [4.69, 9.17) is 5.73 Å². The minimum atomic E-state index is 0.349. The van der Waals surface area contributed by atoms with Gasteiger partial charge in [0.25, 0.3) is 0 Å². The van der Waals surface area contributed by atoms with Crippen LogP contribution >= 0.6 is 0 Å². The molecule has 0 unspecified atom stereocenters. The van der Waals surface area contributed by atoms with E-state index >= 15 is 0 Å². The Morgan fingerprint density at radius 3 is 1.93 bits per heavy atom. The number of hydrogen-bond donors (Lipinski definition) is 1. The highest BCUT2D eigenvalue weighted by Crippen LogP contribution is 2.22. The molecule has 0 saturated carbocycles. The Morgan fingerprint density at radius 1 is 1.00 bits per heavy atom. The fraction of sp³-hybridized carbons (Fsp3) is 1.00. The summed E-state index contributed by atoms with van der Waals surface area (Å²) in [6.07, 6.45) is 2.36. The van der Waals surface area contributed by atoms with Gasteiger partial charge in [-0.05, 0) is 43.8 Å². The second-order valence-corrected chi connectivity index (χ2v) is 6.75. The molecule has 0 bridgehead atoms. The van der Waals surface area contributed by atoms with Crippen LogP contribution in [0.5, 0.6) is 0 Å². The lowest BCUT2D eigenvalue weighted by atomic mass is 9.88. The normalized spacial score (nSPS) is 13.6. The fourth-order valence-electron chi connectivity index (χ4n) is 1.81. The standard InChI is InChI=1S/C13H30N2/c1-12(2,3)8-10-15(6)11-13(4,5)7-9-14/h7-11,14H2,1-6H3. The van der Waals surface area contributed by atoms with Crippen LogP contribution in [-0.4, -0.2) is 31.6 Å². The number of nitrogens with zero attached hydrogens (tertiary/aromatic N) is 1. The molecular formula is C13H30N2. The van der Waals surface area contributed by atoms with Gasteiger partial charge in [-0.3, -0.25) is 0 Å². The van der Waals surface area contributed by atoms with E-state index in [1.807, 2.05) is 0 Å². The number of rotatable bonds is 6. The highest BCUT2D eigenvalue weighted by atomic mass is 15.1. The first-order chi connectivity index (χ1) is 6.66. The first-order valence-corrected chi connectivity index (χ1v) is 6.05. The number of nitrogens with two attached hydrogens (primary N) is 1. The molecule has 0 aliphatic heterocycles. The van der Waals surface area contributed by atoms with Crippen molar-refractivity contribution in [2.75, 3.05) is 26.7 Å². The Bertz CT molecular complexity index is 168. The summed E-state index contributed by atoms with van der Waals surface area (Å²) in [4.78, 5) is 2.43. The van der Waals surface area contributed by atoms with Crippen molar-refractivity contribution in [2.24, 2.45) is 16.6 Å². The van der Waals surface area contributed by atoms with Crippen LogP contribution < -0.4 is 5.73 Å². The first-order valence-electron chi connectivity index (χ1n) is 6.05. The molecule has 0 amide bonds. The van der Waals surface area contributed by atoms with Crippen LogP contribution in [-0.2, 0) is 0 Å². The van der Waals surface area contributed by atoms with Crippen molar-refractivity contribution >= 4 is 0 Å². The maximum atomic E-state index is 5.62. The summed E-state index contributed by atoms with van der Waals surface area (Å²) in [6, 6.07) is 0. The highest BCUT2D eigenvalue weighted by molar-refractivity contribution is 4.74. The van der Waals surface area contributed by atoms with Crippen LogP contribution in [0.4, 0.5) is 0 Å². The minimum Gasteiger partial charge on any atom is -0.330 e. The van der Waals surface area contributed by atoms with Gasteiger partial charge < -0.3 is 10.6 Å². The van der Waals surface area contributed by atoms with E-state index in [0.29, 0.717) is 10.8 Å². The second-order valence-electron chi connectivity index (χ2n) is 6.75. The molecule has 15 heavy (non-hydrogen) atoms. The molecule has 2 nitrogen and oxygen atoms in total. The molecule has 0 spiro atoms. The quantitative estimate of drug-likeness (QED) is 0.736. The summed E-state index contributed by atoms with van der Waals surface area (Å²) in [7, 11) is 2.21. The molecule has 0 aliphatic carbocycles. The van der Waals surface area contributed by atoms with E-state index < -0.39 is 0 Å². The molecule has 0 fully saturated rings. The average Bonchev–Trinajstić information content (AvgIpc) is 1.98. The summed E-state index contributed by atoms with van der Waals surface area (Å²) in [5, 5.41) is 0. The van der Waals surface area contributed by atoms with Gasteiger partial charge in [-0.25, -0.2) is 0 Å². The monoisotopic (exact) mass is 214 g/mol. The van der Waals surface area contributed by atoms with Gasteiger partial charge in [0.1, 0.15) is 0 Å². The van der Waals surface area contributed by atoms with Gasteiger partial charge in [0, 0.05) is 6.54 Å². The largest absolute Gasteiger partial charge is 0.330 e. The SMILES string of the molecule is CN(CCC(C)(C)C)CC(C)(C)CCN. The molecular weight excluding hydrogens is 184 g/mol. The smallest absolute Gasteiger partial charge is 0.00301 e. The van der Waals surface area contributed by atoms with E-state index in [1.165, 1.54) is 13.0 Å². The van der Waals surface area contributed by atoms with Gasteiger partial charge >= 0.3 is 0 Å². The summed E-state index contributed by atoms with van der Waals surface area (Å²) < 4.78 is 0. The van der Waals surface area contributed by atoms with Gasteiger partial charge in [-0.2, -0.15) is 0 Å². The highest BCUT2D eigenvalue weighted by Gasteiger charge is 2.20. The van der Waals surface area contributed by atoms with Crippen molar-refractivity contribution in [1.29, 1.82) is 0 Å². The first kappa shape index (κ1) is 14.9. The Hall–Kier alpha value is -0.0800. The van der Waals surface area contributed by atoms with Crippen molar-refractivity contribution in [3.63, 3.8) is 0 Å². The van der Waals surface area contributed by atoms with E-state index in [2.05, 4.69) is 46.6 Å². The third-order valence-corrected chi connectivity index (χ3v) is 2.76. The molecule has 0 aromatic rings. The molecule has 0 aromatic heterocycles. The average molecular weight is 214 g/mol. The van der Waals surface area contributed by atoms with Crippen molar-refractivity contribution in [1.82, 2.24) is 4.90 Å². The lowest BCUT2D eigenvalue weighted by Gasteiger charge is -2.31. The zero-order valence-corrected chi connectivity index (χ0v) is 11.6. The predicted molar refractivity (Wildman–Crippen MR) is 69.0 cm³/mol. The zero-order valence-electron chi connectivity index (χ0n) is 11.6. The van der Waals surface area contributed by atoms with Gasteiger partial charge in [0.15, 0.2) is 0 Å². The van der Waals surface area contributed by atoms with Crippen LogP contribution in [0.1, 0.15) is 47.5 Å². The number of hydrogen-bond acceptors (Lipinski definition) is 2. The van der Waals surface area contributed by atoms with E-state index in [9.17, 15) is 0 Å². The molecule has 0 aliphatic rings. The van der Waals surface area contributed by atoms with Gasteiger partial charge in [-0.15, -0.1) is 0 Å². The van der Waals surface area contributed by atoms with Gasteiger partial charge in [-0.1, -0.05) is 34.6 Å². The van der Waals surface area contributed by atoms with Crippen molar-refractivity contribution < 1.29 is 0 Å². The molecule has 0 saturated heterocycles. The maximum Gasteiger partial charge on any atom is 0.00301 e. The third kappa shape index (κ3) is 8.88. The Balaban J connectivity index is 3.87. The molecule has 0 atom stereocenters.